The summed E-state index contributed by atoms with van der Waals surface area (Å²) in [6.45, 7) is 3.89. The van der Waals surface area contributed by atoms with Gasteiger partial charge in [-0.1, -0.05) is 53.0 Å². The third-order valence-corrected chi connectivity index (χ3v) is 6.55. The second kappa shape index (κ2) is 6.76. The molecule has 1 aromatic carbocycles. The van der Waals surface area contributed by atoms with Crippen molar-refractivity contribution in [2.75, 3.05) is 5.33 Å². The molecule has 1 aromatic rings. The topological polar surface area (TPSA) is 46.2 Å². The van der Waals surface area contributed by atoms with Crippen LogP contribution in [-0.2, 0) is 10.0 Å². The zero-order valence-electron chi connectivity index (χ0n) is 10.7. The Morgan fingerprint density at radius 1 is 1.21 bits per heavy atom. The van der Waals surface area contributed by atoms with Gasteiger partial charge in [0.1, 0.15) is 0 Å². The molecule has 0 amide bonds. The molecule has 0 aromatic heterocycles. The van der Waals surface area contributed by atoms with Gasteiger partial charge in [0.2, 0.25) is 10.0 Å². The fourth-order valence-electron chi connectivity index (χ4n) is 1.60. The van der Waals surface area contributed by atoms with Crippen LogP contribution in [0, 0.1) is 0 Å². The van der Waals surface area contributed by atoms with Gasteiger partial charge in [0, 0.05) is 10.9 Å². The van der Waals surface area contributed by atoms with Crippen molar-refractivity contribution in [3.8, 4) is 0 Å². The van der Waals surface area contributed by atoms with Gasteiger partial charge in [-0.15, -0.1) is 0 Å². The number of nitrogens with one attached hydrogen (secondary N) is 1. The maximum Gasteiger partial charge on any atom is 0.241 e. The van der Waals surface area contributed by atoms with Crippen LogP contribution in [0.1, 0.15) is 26.7 Å². The molecular weight excluding hydrogens is 373 g/mol. The molecule has 0 atom stereocenters. The molecule has 19 heavy (non-hydrogen) atoms. The Bertz CT molecular complexity index is 536. The van der Waals surface area contributed by atoms with Gasteiger partial charge >= 0.3 is 0 Å². The largest absolute Gasteiger partial charge is 0.241 e. The molecule has 0 radical (unpaired) electrons. The minimum atomic E-state index is -3.62. The second-order valence-electron chi connectivity index (χ2n) is 4.30. The highest BCUT2D eigenvalue weighted by Crippen LogP contribution is 2.27. The Morgan fingerprint density at radius 2 is 1.79 bits per heavy atom. The van der Waals surface area contributed by atoms with Crippen molar-refractivity contribution in [3.63, 3.8) is 0 Å². The summed E-state index contributed by atoms with van der Waals surface area (Å²) >= 11 is 15.0. The van der Waals surface area contributed by atoms with Crippen LogP contribution in [0.3, 0.4) is 0 Å². The molecule has 0 saturated carbocycles. The standard InChI is InChI=1S/C12H16BrCl2NO2S/c1-3-12(4-2,8-13)16-19(17,18)9-5-6-10(14)11(15)7-9/h5-7,16H,3-4,8H2,1-2H3. The van der Waals surface area contributed by atoms with Crippen LogP contribution < -0.4 is 4.72 Å². The molecule has 108 valence electrons. The molecule has 0 aliphatic heterocycles. The maximum atomic E-state index is 12.4. The fourth-order valence-corrected chi connectivity index (χ4v) is 4.65. The highest BCUT2D eigenvalue weighted by molar-refractivity contribution is 9.09. The van der Waals surface area contributed by atoms with Gasteiger partial charge in [0.25, 0.3) is 0 Å². The average molecular weight is 389 g/mol. The smallest absolute Gasteiger partial charge is 0.207 e. The third-order valence-electron chi connectivity index (χ3n) is 3.16. The van der Waals surface area contributed by atoms with Gasteiger partial charge in [-0.05, 0) is 31.0 Å². The van der Waals surface area contributed by atoms with E-state index < -0.39 is 15.6 Å². The molecule has 0 spiro atoms. The first-order chi connectivity index (χ1) is 8.80. The molecule has 7 heteroatoms. The van der Waals surface area contributed by atoms with Crippen LogP contribution >= 0.6 is 39.1 Å². The van der Waals surface area contributed by atoms with E-state index >= 15 is 0 Å². The number of benzene rings is 1. The summed E-state index contributed by atoms with van der Waals surface area (Å²) in [5.74, 6) is 0. The van der Waals surface area contributed by atoms with Crippen LogP contribution in [0.2, 0.25) is 10.0 Å². The average Bonchev–Trinajstić information content (AvgIpc) is 2.39. The molecular formula is C12H16BrCl2NO2S. The van der Waals surface area contributed by atoms with Crippen molar-refractivity contribution in [1.29, 1.82) is 0 Å². The summed E-state index contributed by atoms with van der Waals surface area (Å²) < 4.78 is 27.5. The van der Waals surface area contributed by atoms with Crippen molar-refractivity contribution >= 4 is 49.2 Å². The van der Waals surface area contributed by atoms with E-state index in [0.29, 0.717) is 23.2 Å². The number of hydrogen-bond acceptors (Lipinski definition) is 2. The van der Waals surface area contributed by atoms with E-state index in [1.165, 1.54) is 18.2 Å². The molecule has 1 N–H and O–H groups in total. The summed E-state index contributed by atoms with van der Waals surface area (Å²) in [5.41, 5.74) is -0.495. The van der Waals surface area contributed by atoms with Crippen LogP contribution in [0.25, 0.3) is 0 Å². The molecule has 0 unspecified atom stereocenters. The van der Waals surface area contributed by atoms with Gasteiger partial charge in [-0.3, -0.25) is 0 Å². The zero-order chi connectivity index (χ0) is 14.7. The summed E-state index contributed by atoms with van der Waals surface area (Å²) in [7, 11) is -3.62. The Labute approximate surface area is 132 Å². The summed E-state index contributed by atoms with van der Waals surface area (Å²) in [5, 5.41) is 1.11. The number of alkyl halides is 1. The normalized spacial score (nSPS) is 12.7. The lowest BCUT2D eigenvalue weighted by Gasteiger charge is -2.30. The van der Waals surface area contributed by atoms with E-state index in [1.54, 1.807) is 0 Å². The summed E-state index contributed by atoms with van der Waals surface area (Å²) in [6, 6.07) is 4.28. The van der Waals surface area contributed by atoms with Gasteiger partial charge in [0.05, 0.1) is 14.9 Å². The molecule has 0 aliphatic carbocycles. The van der Waals surface area contributed by atoms with E-state index in [1.807, 2.05) is 13.8 Å². The van der Waals surface area contributed by atoms with Crippen LogP contribution in [0.5, 0.6) is 0 Å². The lowest BCUT2D eigenvalue weighted by atomic mass is 9.97. The van der Waals surface area contributed by atoms with Crippen molar-refractivity contribution in [2.45, 2.75) is 37.1 Å². The van der Waals surface area contributed by atoms with Gasteiger partial charge < -0.3 is 0 Å². The Morgan fingerprint density at radius 3 is 2.21 bits per heavy atom. The molecule has 0 aliphatic rings. The Balaban J connectivity index is 3.14. The lowest BCUT2D eigenvalue weighted by Crippen LogP contribution is -2.48. The maximum absolute atomic E-state index is 12.4. The van der Waals surface area contributed by atoms with Gasteiger partial charge in [-0.2, -0.15) is 0 Å². The number of rotatable bonds is 6. The van der Waals surface area contributed by atoms with Crippen molar-refractivity contribution in [1.82, 2.24) is 4.72 Å². The highest BCUT2D eigenvalue weighted by Gasteiger charge is 2.31. The van der Waals surface area contributed by atoms with Crippen LogP contribution in [0.15, 0.2) is 23.1 Å². The Hall–Kier alpha value is 0.190. The molecule has 0 fully saturated rings. The number of hydrogen-bond donors (Lipinski definition) is 1. The SMILES string of the molecule is CCC(CC)(CBr)NS(=O)(=O)c1ccc(Cl)c(Cl)c1. The van der Waals surface area contributed by atoms with Crippen molar-refractivity contribution in [2.24, 2.45) is 0 Å². The predicted molar refractivity (Wildman–Crippen MR) is 83.9 cm³/mol. The molecule has 0 bridgehead atoms. The van der Waals surface area contributed by atoms with Gasteiger partial charge in [-0.25, -0.2) is 13.1 Å². The van der Waals surface area contributed by atoms with E-state index in [4.69, 9.17) is 23.2 Å². The van der Waals surface area contributed by atoms with E-state index in [9.17, 15) is 8.42 Å². The van der Waals surface area contributed by atoms with Gasteiger partial charge in [0.15, 0.2) is 0 Å². The number of sulfonamides is 1. The fraction of sp³-hybridized carbons (Fsp3) is 0.500. The first-order valence-electron chi connectivity index (χ1n) is 5.85. The monoisotopic (exact) mass is 387 g/mol. The third kappa shape index (κ3) is 4.08. The molecule has 1 rings (SSSR count). The van der Waals surface area contributed by atoms with E-state index in [-0.39, 0.29) is 9.92 Å². The minimum Gasteiger partial charge on any atom is -0.207 e. The summed E-state index contributed by atoms with van der Waals surface area (Å²) in [4.78, 5) is 0.120. The van der Waals surface area contributed by atoms with Crippen LogP contribution in [0.4, 0.5) is 0 Å². The first-order valence-corrected chi connectivity index (χ1v) is 9.21. The highest BCUT2D eigenvalue weighted by atomic mass is 79.9. The lowest BCUT2D eigenvalue weighted by molar-refractivity contribution is 0.398. The molecule has 0 saturated heterocycles. The number of halogens is 3. The molecule has 3 nitrogen and oxygen atoms in total. The van der Waals surface area contributed by atoms with E-state index in [2.05, 4.69) is 20.7 Å². The van der Waals surface area contributed by atoms with Crippen molar-refractivity contribution in [3.05, 3.63) is 28.2 Å². The van der Waals surface area contributed by atoms with E-state index in [0.717, 1.165) is 0 Å². The predicted octanol–water partition coefficient (Wildman–Crippen LogP) is 4.23. The quantitative estimate of drug-likeness (QED) is 0.741. The van der Waals surface area contributed by atoms with Crippen molar-refractivity contribution < 1.29 is 8.42 Å². The molecule has 0 heterocycles. The minimum absolute atomic E-state index is 0.120. The Kier molecular flexibility index (Phi) is 6.14. The first kappa shape index (κ1) is 17.2. The zero-order valence-corrected chi connectivity index (χ0v) is 14.6. The second-order valence-corrected chi connectivity index (χ2v) is 7.36. The van der Waals surface area contributed by atoms with Crippen LogP contribution in [-0.4, -0.2) is 19.3 Å². The summed E-state index contributed by atoms with van der Waals surface area (Å²) in [6.07, 6.45) is 1.38.